The van der Waals surface area contributed by atoms with Crippen LogP contribution in [0.25, 0.3) is 6.08 Å². The first-order valence-electron chi connectivity index (χ1n) is 12.5. The van der Waals surface area contributed by atoms with Gasteiger partial charge in [0.2, 0.25) is 5.91 Å². The fourth-order valence-electron chi connectivity index (χ4n) is 4.13. The van der Waals surface area contributed by atoms with Gasteiger partial charge in [0.05, 0.1) is 18.9 Å². The fraction of sp³-hybridized carbons (Fsp3) is 0.267. The van der Waals surface area contributed by atoms with Gasteiger partial charge >= 0.3 is 0 Å². The van der Waals surface area contributed by atoms with Crippen molar-refractivity contribution >= 4 is 23.6 Å². The zero-order valence-electron chi connectivity index (χ0n) is 21.5. The van der Waals surface area contributed by atoms with Crippen LogP contribution >= 0.6 is 0 Å². The predicted molar refractivity (Wildman–Crippen MR) is 144 cm³/mol. The molecule has 7 heteroatoms. The molecular weight excluding hydrogens is 468 g/mol. The first kappa shape index (κ1) is 25.8. The minimum absolute atomic E-state index is 0.113. The summed E-state index contributed by atoms with van der Waals surface area (Å²) in [6.07, 6.45) is 2.32. The number of anilines is 1. The molecule has 2 amide bonds. The number of carbonyl (C=O) groups excluding carboxylic acids is 2. The SMILES string of the molecule is CCOc1ccc(CCNC(=O)CN2C(=O)C(=Cc3cccc(C)c3)Oc3ccccc32)cc1OCC. The van der Waals surface area contributed by atoms with Gasteiger partial charge in [0, 0.05) is 6.54 Å². The summed E-state index contributed by atoms with van der Waals surface area (Å²) in [6.45, 7) is 7.24. The van der Waals surface area contributed by atoms with E-state index < -0.39 is 0 Å². The molecule has 0 bridgehead atoms. The number of nitrogens with zero attached hydrogens (tertiary/aromatic N) is 1. The highest BCUT2D eigenvalue weighted by molar-refractivity contribution is 6.12. The molecule has 1 aliphatic rings. The highest BCUT2D eigenvalue weighted by Crippen LogP contribution is 2.35. The molecule has 0 atom stereocenters. The van der Waals surface area contributed by atoms with Crippen LogP contribution in [0.5, 0.6) is 17.2 Å². The Bertz CT molecular complexity index is 1300. The van der Waals surface area contributed by atoms with Crippen molar-refractivity contribution in [3.63, 3.8) is 0 Å². The fourth-order valence-corrected chi connectivity index (χ4v) is 4.13. The predicted octanol–water partition coefficient (Wildman–Crippen LogP) is 4.92. The van der Waals surface area contributed by atoms with Crippen LogP contribution < -0.4 is 24.4 Å². The van der Waals surface area contributed by atoms with Gasteiger partial charge in [0.1, 0.15) is 6.54 Å². The molecule has 0 saturated carbocycles. The van der Waals surface area contributed by atoms with Crippen LogP contribution in [0.15, 0.2) is 72.5 Å². The van der Waals surface area contributed by atoms with E-state index >= 15 is 0 Å². The summed E-state index contributed by atoms with van der Waals surface area (Å²) in [4.78, 5) is 27.6. The van der Waals surface area contributed by atoms with Crippen LogP contribution in [0.2, 0.25) is 0 Å². The van der Waals surface area contributed by atoms with Crippen molar-refractivity contribution in [2.75, 3.05) is 31.2 Å². The van der Waals surface area contributed by atoms with E-state index in [9.17, 15) is 9.59 Å². The number of amides is 2. The van der Waals surface area contributed by atoms with Gasteiger partial charge in [0.15, 0.2) is 23.0 Å². The lowest BCUT2D eigenvalue weighted by atomic mass is 10.1. The topological polar surface area (TPSA) is 77.1 Å². The van der Waals surface area contributed by atoms with Gasteiger partial charge in [-0.15, -0.1) is 0 Å². The lowest BCUT2D eigenvalue weighted by Crippen LogP contribution is -2.44. The Labute approximate surface area is 217 Å². The maximum atomic E-state index is 13.3. The van der Waals surface area contributed by atoms with Gasteiger partial charge in [-0.05, 0) is 68.7 Å². The van der Waals surface area contributed by atoms with Gasteiger partial charge in [-0.3, -0.25) is 14.5 Å². The average molecular weight is 501 g/mol. The maximum absolute atomic E-state index is 13.3. The lowest BCUT2D eigenvalue weighted by molar-refractivity contribution is -0.123. The molecule has 0 unspecified atom stereocenters. The second-order valence-electron chi connectivity index (χ2n) is 8.63. The minimum atomic E-state index is -0.358. The minimum Gasteiger partial charge on any atom is -0.490 e. The standard InChI is InChI=1S/C30H32N2O5/c1-4-35-26-14-13-22(18-27(26)36-5-2)15-16-31-29(33)20-32-24-11-6-7-12-25(24)37-28(30(32)34)19-23-10-8-9-21(3)17-23/h6-14,17-19H,4-5,15-16,20H2,1-3H3,(H,31,33). The molecule has 0 aromatic heterocycles. The summed E-state index contributed by atoms with van der Waals surface area (Å²) < 4.78 is 17.2. The van der Waals surface area contributed by atoms with Gasteiger partial charge in [-0.25, -0.2) is 0 Å². The number of carbonyl (C=O) groups is 2. The van der Waals surface area contributed by atoms with Crippen LogP contribution in [0, 0.1) is 6.92 Å². The van der Waals surface area contributed by atoms with E-state index in [0.29, 0.717) is 49.1 Å². The number of nitrogens with one attached hydrogen (secondary N) is 1. The maximum Gasteiger partial charge on any atom is 0.294 e. The highest BCUT2D eigenvalue weighted by atomic mass is 16.5. The van der Waals surface area contributed by atoms with Crippen LogP contribution in [0.1, 0.15) is 30.5 Å². The highest BCUT2D eigenvalue weighted by Gasteiger charge is 2.31. The van der Waals surface area contributed by atoms with Crippen molar-refractivity contribution in [3.8, 4) is 17.2 Å². The molecular formula is C30H32N2O5. The van der Waals surface area contributed by atoms with Crippen molar-refractivity contribution in [2.45, 2.75) is 27.2 Å². The van der Waals surface area contributed by atoms with E-state index in [4.69, 9.17) is 14.2 Å². The third kappa shape index (κ3) is 6.50. The van der Waals surface area contributed by atoms with E-state index in [1.54, 1.807) is 18.2 Å². The number of rotatable bonds is 10. The molecule has 3 aromatic rings. The normalized spacial score (nSPS) is 13.6. The Balaban J connectivity index is 1.43. The summed E-state index contributed by atoms with van der Waals surface area (Å²) in [5, 5.41) is 2.93. The monoisotopic (exact) mass is 500 g/mol. The zero-order valence-corrected chi connectivity index (χ0v) is 21.5. The van der Waals surface area contributed by atoms with Crippen LogP contribution in [-0.4, -0.2) is 38.1 Å². The van der Waals surface area contributed by atoms with E-state index in [2.05, 4.69) is 5.32 Å². The summed E-state index contributed by atoms with van der Waals surface area (Å²) in [6, 6.07) is 20.8. The van der Waals surface area contributed by atoms with Crippen molar-refractivity contribution in [3.05, 3.63) is 89.2 Å². The number of fused-ring (bicyclic) bond motifs is 1. The Kier molecular flexibility index (Phi) is 8.46. The lowest BCUT2D eigenvalue weighted by Gasteiger charge is -2.30. The second kappa shape index (κ2) is 12.1. The van der Waals surface area contributed by atoms with Gasteiger partial charge in [0.25, 0.3) is 5.91 Å². The average Bonchev–Trinajstić information content (AvgIpc) is 2.88. The van der Waals surface area contributed by atoms with Gasteiger partial charge < -0.3 is 19.5 Å². The van der Waals surface area contributed by atoms with Crippen molar-refractivity contribution in [1.82, 2.24) is 5.32 Å². The summed E-state index contributed by atoms with van der Waals surface area (Å²) in [7, 11) is 0. The second-order valence-corrected chi connectivity index (χ2v) is 8.63. The number of aryl methyl sites for hydroxylation is 1. The number of hydrogen-bond acceptors (Lipinski definition) is 5. The smallest absolute Gasteiger partial charge is 0.294 e. The molecule has 192 valence electrons. The zero-order chi connectivity index (χ0) is 26.2. The molecule has 0 saturated heterocycles. The Morgan fingerprint density at radius 3 is 2.54 bits per heavy atom. The van der Waals surface area contributed by atoms with Crippen LogP contribution in [-0.2, 0) is 16.0 Å². The van der Waals surface area contributed by atoms with Crippen molar-refractivity contribution < 1.29 is 23.8 Å². The van der Waals surface area contributed by atoms with E-state index in [1.807, 2.05) is 75.4 Å². The first-order valence-corrected chi connectivity index (χ1v) is 12.5. The molecule has 1 heterocycles. The first-order chi connectivity index (χ1) is 18.0. The Morgan fingerprint density at radius 1 is 0.973 bits per heavy atom. The third-order valence-corrected chi connectivity index (χ3v) is 5.82. The molecule has 37 heavy (non-hydrogen) atoms. The number of hydrogen-bond donors (Lipinski definition) is 1. The molecule has 1 aliphatic heterocycles. The molecule has 7 nitrogen and oxygen atoms in total. The van der Waals surface area contributed by atoms with E-state index in [1.165, 1.54) is 4.90 Å². The number of benzene rings is 3. The molecule has 0 spiro atoms. The van der Waals surface area contributed by atoms with Gasteiger partial charge in [-0.2, -0.15) is 0 Å². The van der Waals surface area contributed by atoms with Crippen LogP contribution in [0.4, 0.5) is 5.69 Å². The van der Waals surface area contributed by atoms with Crippen molar-refractivity contribution in [2.24, 2.45) is 0 Å². The molecule has 0 aliphatic carbocycles. The molecule has 3 aromatic carbocycles. The largest absolute Gasteiger partial charge is 0.490 e. The third-order valence-electron chi connectivity index (χ3n) is 5.82. The molecule has 0 fully saturated rings. The molecule has 1 N–H and O–H groups in total. The summed E-state index contributed by atoms with van der Waals surface area (Å²) >= 11 is 0. The Hall–Kier alpha value is -4.26. The Morgan fingerprint density at radius 2 is 1.76 bits per heavy atom. The quantitative estimate of drug-likeness (QED) is 0.400. The molecule has 0 radical (unpaired) electrons. The number of para-hydroxylation sites is 2. The van der Waals surface area contributed by atoms with E-state index in [0.717, 1.165) is 16.7 Å². The van der Waals surface area contributed by atoms with Crippen molar-refractivity contribution in [1.29, 1.82) is 0 Å². The van der Waals surface area contributed by atoms with E-state index in [-0.39, 0.29) is 24.1 Å². The molecule has 4 rings (SSSR count). The number of ether oxygens (including phenoxy) is 3. The summed E-state index contributed by atoms with van der Waals surface area (Å²) in [5.74, 6) is 1.49. The van der Waals surface area contributed by atoms with Gasteiger partial charge in [-0.1, -0.05) is 48.0 Å². The van der Waals surface area contributed by atoms with Crippen LogP contribution in [0.3, 0.4) is 0 Å². The summed E-state index contributed by atoms with van der Waals surface area (Å²) in [5.41, 5.74) is 3.52.